The number of ether oxygens (including phenoxy) is 1. The van der Waals surface area contributed by atoms with Crippen LogP contribution < -0.4 is 10.6 Å². The van der Waals surface area contributed by atoms with Gasteiger partial charge in [0.25, 0.3) is 5.91 Å². The summed E-state index contributed by atoms with van der Waals surface area (Å²) in [5.74, 6) is -0.123. The number of cyclic esters (lactones) is 1. The Bertz CT molecular complexity index is 622. The van der Waals surface area contributed by atoms with Gasteiger partial charge in [0.1, 0.15) is 6.10 Å². The summed E-state index contributed by atoms with van der Waals surface area (Å²) in [6.07, 6.45) is -0.658. The Morgan fingerprint density at radius 2 is 2.10 bits per heavy atom. The zero-order chi connectivity index (χ0) is 13.9. The van der Waals surface area contributed by atoms with Gasteiger partial charge in [-0.1, -0.05) is 18.2 Å². The van der Waals surface area contributed by atoms with Crippen LogP contribution in [0.2, 0.25) is 0 Å². The number of anilines is 1. The molecule has 0 aliphatic carbocycles. The highest BCUT2D eigenvalue weighted by Gasteiger charge is 2.23. The van der Waals surface area contributed by atoms with Crippen molar-refractivity contribution < 1.29 is 14.3 Å². The Kier molecular flexibility index (Phi) is 3.39. The van der Waals surface area contributed by atoms with Crippen molar-refractivity contribution in [1.82, 2.24) is 5.32 Å². The molecular weight excluding hydrogens is 276 g/mol. The number of carbonyl (C=O) groups is 2. The van der Waals surface area contributed by atoms with Crippen LogP contribution in [-0.2, 0) is 4.74 Å². The summed E-state index contributed by atoms with van der Waals surface area (Å²) in [5, 5.41) is 7.28. The van der Waals surface area contributed by atoms with Gasteiger partial charge in [-0.2, -0.15) is 0 Å². The predicted octanol–water partition coefficient (Wildman–Crippen LogP) is 2.78. The Balaban J connectivity index is 1.67. The van der Waals surface area contributed by atoms with Gasteiger partial charge in [0.05, 0.1) is 11.4 Å². The summed E-state index contributed by atoms with van der Waals surface area (Å²) in [7, 11) is 0. The summed E-state index contributed by atoms with van der Waals surface area (Å²) in [6, 6.07) is 10.9. The van der Waals surface area contributed by atoms with Crippen LogP contribution in [0.25, 0.3) is 0 Å². The predicted molar refractivity (Wildman–Crippen MR) is 75.9 cm³/mol. The Morgan fingerprint density at radius 3 is 2.70 bits per heavy atom. The van der Waals surface area contributed by atoms with Gasteiger partial charge < -0.3 is 15.4 Å². The molecule has 1 aliphatic heterocycles. The second-order valence-corrected chi connectivity index (χ2v) is 5.28. The molecule has 0 saturated carbocycles. The second-order valence-electron chi connectivity index (χ2n) is 4.33. The van der Waals surface area contributed by atoms with Crippen molar-refractivity contribution in [3.63, 3.8) is 0 Å². The molecule has 1 atom stereocenters. The average molecular weight is 288 g/mol. The first-order chi connectivity index (χ1) is 9.72. The summed E-state index contributed by atoms with van der Waals surface area (Å²) < 4.78 is 5.09. The van der Waals surface area contributed by atoms with Gasteiger partial charge in [-0.3, -0.25) is 4.79 Å². The van der Waals surface area contributed by atoms with Crippen molar-refractivity contribution >= 4 is 29.0 Å². The lowest BCUT2D eigenvalue weighted by atomic mass is 10.1. The maximum atomic E-state index is 11.9. The molecule has 0 spiro atoms. The molecule has 2 heterocycles. The fourth-order valence-electron chi connectivity index (χ4n) is 1.96. The number of hydrogen-bond donors (Lipinski definition) is 2. The Morgan fingerprint density at radius 1 is 1.30 bits per heavy atom. The van der Waals surface area contributed by atoms with Crippen molar-refractivity contribution in [3.8, 4) is 0 Å². The van der Waals surface area contributed by atoms with Gasteiger partial charge in [-0.25, -0.2) is 4.79 Å². The molecule has 5 nitrogen and oxygen atoms in total. The molecule has 2 amide bonds. The average Bonchev–Trinajstić information content (AvgIpc) is 3.10. The quantitative estimate of drug-likeness (QED) is 0.912. The van der Waals surface area contributed by atoms with Crippen LogP contribution in [0.3, 0.4) is 0 Å². The van der Waals surface area contributed by atoms with Crippen LogP contribution in [0.5, 0.6) is 0 Å². The van der Waals surface area contributed by atoms with Crippen LogP contribution in [0.4, 0.5) is 10.5 Å². The van der Waals surface area contributed by atoms with Crippen molar-refractivity contribution in [2.45, 2.75) is 6.10 Å². The molecule has 102 valence electrons. The van der Waals surface area contributed by atoms with E-state index >= 15 is 0 Å². The lowest BCUT2D eigenvalue weighted by molar-refractivity contribution is 0.103. The van der Waals surface area contributed by atoms with Crippen molar-refractivity contribution in [2.75, 3.05) is 11.9 Å². The second kappa shape index (κ2) is 5.34. The third-order valence-corrected chi connectivity index (χ3v) is 3.84. The van der Waals surface area contributed by atoms with E-state index in [1.54, 1.807) is 18.2 Å². The fraction of sp³-hybridized carbons (Fsp3) is 0.143. The van der Waals surface area contributed by atoms with E-state index in [1.807, 2.05) is 23.6 Å². The molecule has 2 N–H and O–H groups in total. The first-order valence-electron chi connectivity index (χ1n) is 6.12. The molecule has 2 aromatic rings. The lowest BCUT2D eigenvalue weighted by Gasteiger charge is -2.09. The van der Waals surface area contributed by atoms with E-state index < -0.39 is 6.09 Å². The molecule has 3 rings (SSSR count). The molecule has 1 fully saturated rings. The third kappa shape index (κ3) is 2.65. The van der Waals surface area contributed by atoms with Crippen LogP contribution >= 0.6 is 11.3 Å². The van der Waals surface area contributed by atoms with E-state index in [0.717, 1.165) is 5.56 Å². The first kappa shape index (κ1) is 12.7. The monoisotopic (exact) mass is 288 g/mol. The minimum Gasteiger partial charge on any atom is -0.439 e. The molecular formula is C14H12N2O3S. The van der Waals surface area contributed by atoms with Crippen LogP contribution in [0.1, 0.15) is 21.3 Å². The normalized spacial score (nSPS) is 17.4. The number of alkyl carbamates (subject to hydrolysis) is 1. The smallest absolute Gasteiger partial charge is 0.407 e. The maximum absolute atomic E-state index is 11.9. The van der Waals surface area contributed by atoms with Crippen molar-refractivity contribution in [3.05, 3.63) is 52.2 Å². The van der Waals surface area contributed by atoms with Gasteiger partial charge in [0.2, 0.25) is 0 Å². The number of carbonyl (C=O) groups excluding carboxylic acids is 2. The highest BCUT2D eigenvalue weighted by Crippen LogP contribution is 2.22. The third-order valence-electron chi connectivity index (χ3n) is 2.97. The van der Waals surface area contributed by atoms with Crippen LogP contribution in [-0.4, -0.2) is 18.5 Å². The minimum atomic E-state index is -0.398. The lowest BCUT2D eigenvalue weighted by Crippen LogP contribution is -2.12. The van der Waals surface area contributed by atoms with E-state index in [-0.39, 0.29) is 12.0 Å². The van der Waals surface area contributed by atoms with E-state index in [2.05, 4.69) is 10.6 Å². The molecule has 1 aliphatic rings. The van der Waals surface area contributed by atoms with E-state index in [9.17, 15) is 9.59 Å². The molecule has 6 heteroatoms. The molecule has 20 heavy (non-hydrogen) atoms. The molecule has 1 aromatic heterocycles. The number of thiophene rings is 1. The zero-order valence-electron chi connectivity index (χ0n) is 10.5. The Labute approximate surface area is 119 Å². The standard InChI is InChI=1S/C14H12N2O3S/c17-13(12-2-1-7-20-12)16-10-5-3-9(4-6-10)11-8-15-14(18)19-11/h1-7,11H,8H2,(H,15,18)(H,16,17). The topological polar surface area (TPSA) is 67.4 Å². The number of rotatable bonds is 3. The summed E-state index contributed by atoms with van der Waals surface area (Å²) in [5.41, 5.74) is 1.61. The number of benzene rings is 1. The zero-order valence-corrected chi connectivity index (χ0v) is 11.3. The highest BCUT2D eigenvalue weighted by atomic mass is 32.1. The minimum absolute atomic E-state index is 0.123. The SMILES string of the molecule is O=C1NCC(c2ccc(NC(=O)c3cccs3)cc2)O1. The largest absolute Gasteiger partial charge is 0.439 e. The summed E-state index contributed by atoms with van der Waals surface area (Å²) in [6.45, 7) is 0.472. The Hall–Kier alpha value is -2.34. The molecule has 1 aromatic carbocycles. The number of nitrogens with one attached hydrogen (secondary N) is 2. The fourth-order valence-corrected chi connectivity index (χ4v) is 2.57. The number of hydrogen-bond acceptors (Lipinski definition) is 4. The van der Waals surface area contributed by atoms with Gasteiger partial charge in [0, 0.05) is 5.69 Å². The highest BCUT2D eigenvalue weighted by molar-refractivity contribution is 7.12. The summed E-state index contributed by atoms with van der Waals surface area (Å²) >= 11 is 1.40. The van der Waals surface area contributed by atoms with Gasteiger partial charge in [-0.05, 0) is 29.1 Å². The van der Waals surface area contributed by atoms with E-state index in [4.69, 9.17) is 4.74 Å². The molecule has 0 radical (unpaired) electrons. The van der Waals surface area contributed by atoms with E-state index in [1.165, 1.54) is 11.3 Å². The van der Waals surface area contributed by atoms with E-state index in [0.29, 0.717) is 17.1 Å². The molecule has 0 bridgehead atoms. The first-order valence-corrected chi connectivity index (χ1v) is 6.99. The van der Waals surface area contributed by atoms with Crippen molar-refractivity contribution in [2.24, 2.45) is 0 Å². The maximum Gasteiger partial charge on any atom is 0.407 e. The van der Waals surface area contributed by atoms with Crippen molar-refractivity contribution in [1.29, 1.82) is 0 Å². The molecule has 1 unspecified atom stereocenters. The van der Waals surface area contributed by atoms with Crippen LogP contribution in [0.15, 0.2) is 41.8 Å². The summed E-state index contributed by atoms with van der Waals surface area (Å²) in [4.78, 5) is 23.5. The number of amides is 2. The molecule has 1 saturated heterocycles. The van der Waals surface area contributed by atoms with Crippen LogP contribution in [0, 0.1) is 0 Å². The van der Waals surface area contributed by atoms with Gasteiger partial charge in [-0.15, -0.1) is 11.3 Å². The van der Waals surface area contributed by atoms with Gasteiger partial charge >= 0.3 is 6.09 Å². The van der Waals surface area contributed by atoms with Gasteiger partial charge in [0.15, 0.2) is 0 Å².